The molecule has 1 unspecified atom stereocenters. The zero-order valence-electron chi connectivity index (χ0n) is 9.02. The maximum Gasteiger partial charge on any atom is 0.329 e. The quantitative estimate of drug-likeness (QED) is 0.799. The number of hydrogen-bond acceptors (Lipinski definition) is 3. The summed E-state index contributed by atoms with van der Waals surface area (Å²) in [4.78, 5) is 26.6. The zero-order valence-corrected chi connectivity index (χ0v) is 9.02. The van der Waals surface area contributed by atoms with Gasteiger partial charge >= 0.3 is 5.97 Å². The molecule has 0 aliphatic rings. The molecule has 1 rings (SSSR count). The van der Waals surface area contributed by atoms with Gasteiger partial charge in [0, 0.05) is 11.8 Å². The second-order valence-electron chi connectivity index (χ2n) is 3.67. The molecule has 0 fully saturated rings. The number of hydrogen-bond donors (Lipinski definition) is 1. The van der Waals surface area contributed by atoms with Gasteiger partial charge in [-0.05, 0) is 20.3 Å². The summed E-state index contributed by atoms with van der Waals surface area (Å²) in [6, 6.07) is 1.33. The fourth-order valence-electron chi connectivity index (χ4n) is 1.29. The molecule has 15 heavy (non-hydrogen) atoms. The molecule has 0 aliphatic heterocycles. The van der Waals surface area contributed by atoms with Crippen LogP contribution in [-0.2, 0) is 10.3 Å². The predicted molar refractivity (Wildman–Crippen MR) is 54.8 cm³/mol. The van der Waals surface area contributed by atoms with Crippen molar-refractivity contribution in [3.05, 3.63) is 28.4 Å². The molecule has 1 aromatic heterocycles. The maximum absolute atomic E-state index is 11.6. The molecule has 0 saturated heterocycles. The summed E-state index contributed by atoms with van der Waals surface area (Å²) in [5, 5.41) is 9.09. The van der Waals surface area contributed by atoms with E-state index in [1.165, 1.54) is 19.3 Å². The monoisotopic (exact) mass is 210 g/mol. The van der Waals surface area contributed by atoms with Crippen LogP contribution in [0.5, 0.6) is 0 Å². The second kappa shape index (κ2) is 3.84. The minimum atomic E-state index is -1.22. The Kier molecular flexibility index (Phi) is 2.93. The first kappa shape index (κ1) is 11.4. The molecule has 1 N–H and O–H groups in total. The lowest BCUT2D eigenvalue weighted by Gasteiger charge is -2.25. The summed E-state index contributed by atoms with van der Waals surface area (Å²) in [6.07, 6.45) is 1.61. The molecule has 1 heterocycles. The molecule has 0 saturated carbocycles. The van der Waals surface area contributed by atoms with Crippen molar-refractivity contribution in [2.45, 2.75) is 32.7 Å². The summed E-state index contributed by atoms with van der Waals surface area (Å²) in [5.41, 5.74) is -0.980. The minimum Gasteiger partial charge on any atom is -0.479 e. The highest BCUT2D eigenvalue weighted by Crippen LogP contribution is 2.17. The fourth-order valence-corrected chi connectivity index (χ4v) is 1.29. The molecule has 0 spiro atoms. The van der Waals surface area contributed by atoms with Crippen LogP contribution in [0.4, 0.5) is 0 Å². The van der Waals surface area contributed by atoms with E-state index in [4.69, 9.17) is 5.11 Å². The molecule has 5 nitrogen and oxygen atoms in total. The van der Waals surface area contributed by atoms with Crippen molar-refractivity contribution in [1.82, 2.24) is 9.55 Å². The lowest BCUT2D eigenvalue weighted by Crippen LogP contribution is -2.44. The van der Waals surface area contributed by atoms with Crippen molar-refractivity contribution in [3.63, 3.8) is 0 Å². The van der Waals surface area contributed by atoms with Crippen LogP contribution in [0.25, 0.3) is 0 Å². The molecule has 82 valence electrons. The Balaban J connectivity index is 3.37. The number of nitrogens with zero attached hydrogens (tertiary/aromatic N) is 2. The highest BCUT2D eigenvalue weighted by molar-refractivity contribution is 5.76. The molecule has 1 aromatic rings. The third-order valence-corrected chi connectivity index (χ3v) is 2.63. The molecule has 0 amide bonds. The zero-order chi connectivity index (χ0) is 11.6. The van der Waals surface area contributed by atoms with E-state index in [1.807, 2.05) is 0 Å². The van der Waals surface area contributed by atoms with Crippen molar-refractivity contribution in [2.75, 3.05) is 0 Å². The van der Waals surface area contributed by atoms with Gasteiger partial charge in [0.25, 0.3) is 5.56 Å². The first-order valence-electron chi connectivity index (χ1n) is 4.71. The summed E-state index contributed by atoms with van der Waals surface area (Å²) in [6.45, 7) is 4.92. The Labute approximate surface area is 87.4 Å². The van der Waals surface area contributed by atoms with E-state index in [2.05, 4.69) is 4.98 Å². The summed E-state index contributed by atoms with van der Waals surface area (Å²) in [5.74, 6) is -1.03. The SMILES string of the molecule is CCC(C)(C(=O)O)n1cnc(C)cc1=O. The van der Waals surface area contributed by atoms with Gasteiger partial charge in [0.15, 0.2) is 0 Å². The van der Waals surface area contributed by atoms with Gasteiger partial charge in [-0.15, -0.1) is 0 Å². The molecular formula is C10H14N2O3. The Morgan fingerprint density at radius 1 is 1.67 bits per heavy atom. The summed E-state index contributed by atoms with van der Waals surface area (Å²) < 4.78 is 1.16. The van der Waals surface area contributed by atoms with E-state index in [9.17, 15) is 9.59 Å². The normalized spacial score (nSPS) is 14.6. The van der Waals surface area contributed by atoms with E-state index in [0.717, 1.165) is 4.57 Å². The van der Waals surface area contributed by atoms with Gasteiger partial charge in [-0.25, -0.2) is 9.78 Å². The number of carbonyl (C=O) groups is 1. The van der Waals surface area contributed by atoms with Crippen LogP contribution in [0.1, 0.15) is 26.0 Å². The fraction of sp³-hybridized carbons (Fsp3) is 0.500. The number of aromatic nitrogens is 2. The van der Waals surface area contributed by atoms with Gasteiger partial charge in [-0.1, -0.05) is 6.92 Å². The molecule has 5 heteroatoms. The standard InChI is InChI=1S/C10H14N2O3/c1-4-10(3,9(14)15)12-6-11-7(2)5-8(12)13/h5-6H,4H2,1-3H3,(H,14,15). The summed E-state index contributed by atoms with van der Waals surface area (Å²) >= 11 is 0. The van der Waals surface area contributed by atoms with E-state index >= 15 is 0 Å². The lowest BCUT2D eigenvalue weighted by atomic mass is 9.99. The van der Waals surface area contributed by atoms with Gasteiger partial charge in [-0.2, -0.15) is 0 Å². The Morgan fingerprint density at radius 3 is 2.67 bits per heavy atom. The maximum atomic E-state index is 11.6. The average molecular weight is 210 g/mol. The third-order valence-electron chi connectivity index (χ3n) is 2.63. The average Bonchev–Trinajstić information content (AvgIpc) is 2.16. The Bertz CT molecular complexity index is 439. The van der Waals surface area contributed by atoms with E-state index in [0.29, 0.717) is 12.1 Å². The number of carboxylic acid groups (broad SMARTS) is 1. The highest BCUT2D eigenvalue weighted by Gasteiger charge is 2.34. The molecular weight excluding hydrogens is 196 g/mol. The van der Waals surface area contributed by atoms with Crippen LogP contribution < -0.4 is 5.56 Å². The Morgan fingerprint density at radius 2 is 2.27 bits per heavy atom. The molecule has 0 radical (unpaired) electrons. The lowest BCUT2D eigenvalue weighted by molar-refractivity contribution is -0.147. The van der Waals surface area contributed by atoms with Crippen molar-refractivity contribution < 1.29 is 9.90 Å². The summed E-state index contributed by atoms with van der Waals surface area (Å²) in [7, 11) is 0. The van der Waals surface area contributed by atoms with Crippen molar-refractivity contribution in [3.8, 4) is 0 Å². The van der Waals surface area contributed by atoms with Crippen LogP contribution in [0, 0.1) is 6.92 Å². The van der Waals surface area contributed by atoms with E-state index in [1.54, 1.807) is 13.8 Å². The van der Waals surface area contributed by atoms with Gasteiger partial charge in [0.1, 0.15) is 5.54 Å². The van der Waals surface area contributed by atoms with E-state index in [-0.39, 0.29) is 5.56 Å². The smallest absolute Gasteiger partial charge is 0.329 e. The number of rotatable bonds is 3. The van der Waals surface area contributed by atoms with Crippen LogP contribution in [-0.4, -0.2) is 20.6 Å². The molecule has 1 atom stereocenters. The van der Waals surface area contributed by atoms with E-state index < -0.39 is 11.5 Å². The Hall–Kier alpha value is -1.65. The topological polar surface area (TPSA) is 72.2 Å². The first-order chi connectivity index (χ1) is 6.91. The van der Waals surface area contributed by atoms with Crippen LogP contribution in [0.3, 0.4) is 0 Å². The first-order valence-corrected chi connectivity index (χ1v) is 4.71. The van der Waals surface area contributed by atoms with Crippen molar-refractivity contribution in [2.24, 2.45) is 0 Å². The largest absolute Gasteiger partial charge is 0.479 e. The van der Waals surface area contributed by atoms with Gasteiger partial charge in [0.2, 0.25) is 0 Å². The van der Waals surface area contributed by atoms with Crippen LogP contribution >= 0.6 is 0 Å². The van der Waals surface area contributed by atoms with Crippen LogP contribution in [0.2, 0.25) is 0 Å². The van der Waals surface area contributed by atoms with Crippen molar-refractivity contribution >= 4 is 5.97 Å². The van der Waals surface area contributed by atoms with Gasteiger partial charge in [0.05, 0.1) is 6.33 Å². The minimum absolute atomic E-state index is 0.326. The molecule has 0 aliphatic carbocycles. The predicted octanol–water partition coefficient (Wildman–Crippen LogP) is 0.762. The third kappa shape index (κ3) is 1.91. The van der Waals surface area contributed by atoms with Crippen molar-refractivity contribution in [1.29, 1.82) is 0 Å². The van der Waals surface area contributed by atoms with Crippen LogP contribution in [0.15, 0.2) is 17.2 Å². The second-order valence-corrected chi connectivity index (χ2v) is 3.67. The molecule has 0 aromatic carbocycles. The number of aliphatic carboxylic acids is 1. The molecule has 0 bridgehead atoms. The highest BCUT2D eigenvalue weighted by atomic mass is 16.4. The number of aryl methyl sites for hydroxylation is 1. The van der Waals surface area contributed by atoms with Gasteiger partial charge in [-0.3, -0.25) is 9.36 Å². The van der Waals surface area contributed by atoms with Gasteiger partial charge < -0.3 is 5.11 Å². The number of carboxylic acids is 1.